The second-order valence-corrected chi connectivity index (χ2v) is 12.8. The van der Waals surface area contributed by atoms with Gasteiger partial charge in [0.05, 0.1) is 30.4 Å². The van der Waals surface area contributed by atoms with Gasteiger partial charge >= 0.3 is 6.03 Å². The number of hydrogen-bond acceptors (Lipinski definition) is 7. The lowest BCUT2D eigenvalue weighted by Crippen LogP contribution is -2.50. The van der Waals surface area contributed by atoms with E-state index in [-0.39, 0.29) is 46.8 Å². The molecular weight excluding hydrogens is 559 g/mol. The second-order valence-electron chi connectivity index (χ2n) is 9.61. The molecule has 3 atom stereocenters. The summed E-state index contributed by atoms with van der Waals surface area (Å²) < 4.78 is 47.3. The zero-order valence-electron chi connectivity index (χ0n) is 22.2. The van der Waals surface area contributed by atoms with Gasteiger partial charge in [0, 0.05) is 25.2 Å². The molecule has 2 aromatic carbocycles. The van der Waals surface area contributed by atoms with Crippen molar-refractivity contribution in [3.05, 3.63) is 71.4 Å². The van der Waals surface area contributed by atoms with Crippen LogP contribution in [0.4, 0.5) is 20.6 Å². The van der Waals surface area contributed by atoms with Crippen LogP contribution in [0.15, 0.2) is 64.2 Å². The van der Waals surface area contributed by atoms with Crippen molar-refractivity contribution in [2.24, 2.45) is 5.92 Å². The van der Waals surface area contributed by atoms with Crippen LogP contribution in [0, 0.1) is 11.7 Å². The predicted molar refractivity (Wildman–Crippen MR) is 151 cm³/mol. The van der Waals surface area contributed by atoms with E-state index in [0.29, 0.717) is 5.69 Å². The Morgan fingerprint density at radius 3 is 2.58 bits per heavy atom. The van der Waals surface area contributed by atoms with Crippen molar-refractivity contribution in [2.45, 2.75) is 30.2 Å². The Labute approximate surface area is 236 Å². The van der Waals surface area contributed by atoms with Crippen LogP contribution in [0.3, 0.4) is 0 Å². The van der Waals surface area contributed by atoms with Gasteiger partial charge in [0.15, 0.2) is 5.75 Å². The molecule has 0 saturated carbocycles. The number of carbonyl (C=O) groups excluding carboxylic acids is 2. The Morgan fingerprint density at radius 2 is 1.93 bits per heavy atom. The topological polar surface area (TPSA) is 128 Å². The summed E-state index contributed by atoms with van der Waals surface area (Å²) in [6.45, 7) is 3.45. The van der Waals surface area contributed by atoms with Gasteiger partial charge in [-0.2, -0.15) is 4.31 Å². The van der Waals surface area contributed by atoms with E-state index in [9.17, 15) is 27.5 Å². The fraction of sp³-hybridized carbons (Fsp3) is 0.333. The third kappa shape index (κ3) is 6.44. The molecule has 0 aliphatic carbocycles. The average molecular weight is 591 g/mol. The summed E-state index contributed by atoms with van der Waals surface area (Å²) in [6, 6.07) is 11.9. The first-order chi connectivity index (χ1) is 19.0. The minimum absolute atomic E-state index is 0.0352. The van der Waals surface area contributed by atoms with Gasteiger partial charge in [0.2, 0.25) is 0 Å². The highest BCUT2D eigenvalue weighted by molar-refractivity contribution is 7.91. The monoisotopic (exact) mass is 590 g/mol. The highest BCUT2D eigenvalue weighted by Gasteiger charge is 2.36. The van der Waals surface area contributed by atoms with E-state index in [1.807, 2.05) is 6.92 Å². The van der Waals surface area contributed by atoms with E-state index in [1.54, 1.807) is 36.6 Å². The van der Waals surface area contributed by atoms with Crippen LogP contribution in [0.5, 0.6) is 5.75 Å². The molecule has 3 amide bonds. The fourth-order valence-corrected chi connectivity index (χ4v) is 6.68. The number of nitrogens with zero attached hydrogens (tertiary/aromatic N) is 2. The van der Waals surface area contributed by atoms with Gasteiger partial charge in [0.1, 0.15) is 16.1 Å². The highest BCUT2D eigenvalue weighted by Crippen LogP contribution is 2.35. The fourth-order valence-electron chi connectivity index (χ4n) is 4.29. The SMILES string of the molecule is C[C@H]1CN([C@@H](C)CO)C(=O)c2cccc(NC(=O)Nc3ccc(F)cc3)c2O[C@H]1CN(C)S(=O)(=O)c1cccs1. The lowest BCUT2D eigenvalue weighted by atomic mass is 9.99. The molecule has 0 bridgehead atoms. The summed E-state index contributed by atoms with van der Waals surface area (Å²) in [5, 5.41) is 16.8. The normalized spacial score (nSPS) is 18.4. The molecule has 4 rings (SSSR count). The second kappa shape index (κ2) is 12.3. The molecule has 1 aliphatic rings. The highest BCUT2D eigenvalue weighted by atomic mass is 32.2. The van der Waals surface area contributed by atoms with Gasteiger partial charge in [-0.1, -0.05) is 19.1 Å². The van der Waals surface area contributed by atoms with Crippen molar-refractivity contribution >= 4 is 44.7 Å². The Morgan fingerprint density at radius 1 is 1.20 bits per heavy atom. The number of para-hydroxylation sites is 1. The molecule has 0 unspecified atom stereocenters. The van der Waals surface area contributed by atoms with Crippen molar-refractivity contribution in [3.8, 4) is 5.75 Å². The molecule has 10 nitrogen and oxygen atoms in total. The number of anilines is 2. The van der Waals surface area contributed by atoms with Crippen molar-refractivity contribution in [2.75, 3.05) is 37.4 Å². The quantitative estimate of drug-likeness (QED) is 0.363. The van der Waals surface area contributed by atoms with Crippen molar-refractivity contribution < 1.29 is 32.2 Å². The molecule has 1 aliphatic heterocycles. The Hall–Kier alpha value is -3.52. The summed E-state index contributed by atoms with van der Waals surface area (Å²) >= 11 is 1.11. The minimum atomic E-state index is -3.78. The molecule has 214 valence electrons. The molecule has 13 heteroatoms. The Balaban J connectivity index is 1.68. The third-order valence-corrected chi connectivity index (χ3v) is 9.83. The summed E-state index contributed by atoms with van der Waals surface area (Å²) in [5.74, 6) is -1.12. The summed E-state index contributed by atoms with van der Waals surface area (Å²) in [6.07, 6.45) is -0.719. The lowest BCUT2D eigenvalue weighted by Gasteiger charge is -2.38. The first-order valence-electron chi connectivity index (χ1n) is 12.6. The number of nitrogens with one attached hydrogen (secondary N) is 2. The van der Waals surface area contributed by atoms with Gasteiger partial charge in [-0.3, -0.25) is 4.79 Å². The predicted octanol–water partition coefficient (Wildman–Crippen LogP) is 4.07. The molecule has 3 N–H and O–H groups in total. The van der Waals surface area contributed by atoms with E-state index >= 15 is 0 Å². The van der Waals surface area contributed by atoms with Crippen LogP contribution in [0.2, 0.25) is 0 Å². The van der Waals surface area contributed by atoms with E-state index in [0.717, 1.165) is 11.3 Å². The zero-order chi connectivity index (χ0) is 29.0. The maximum atomic E-state index is 13.6. The van der Waals surface area contributed by atoms with Gasteiger partial charge < -0.3 is 25.4 Å². The number of benzene rings is 2. The number of amides is 3. The van der Waals surface area contributed by atoms with Crippen LogP contribution in [-0.4, -0.2) is 73.6 Å². The zero-order valence-corrected chi connectivity index (χ0v) is 23.8. The molecule has 2 heterocycles. The van der Waals surface area contributed by atoms with E-state index in [2.05, 4.69) is 10.6 Å². The number of fused-ring (bicyclic) bond motifs is 1. The number of aliphatic hydroxyl groups is 1. The van der Waals surface area contributed by atoms with E-state index in [1.165, 1.54) is 46.6 Å². The number of likely N-dealkylation sites (N-methyl/N-ethyl adjacent to an activating group) is 1. The maximum Gasteiger partial charge on any atom is 0.323 e. The van der Waals surface area contributed by atoms with Crippen molar-refractivity contribution in [1.29, 1.82) is 0 Å². The standard InChI is InChI=1S/C27H31FN4O6S2/c1-17-14-32(18(2)16-33)26(34)21-6-4-7-22(30-27(35)29-20-11-9-19(28)10-12-20)25(21)38-23(17)15-31(3)40(36,37)24-8-5-13-39-24/h4-13,17-18,23,33H,14-16H2,1-3H3,(H2,29,30,35)/t17-,18-,23-/m0/s1. The number of thiophene rings is 1. The molecule has 1 aromatic heterocycles. The molecule has 0 saturated heterocycles. The number of hydrogen-bond donors (Lipinski definition) is 3. The molecular formula is C27H31FN4O6S2. The average Bonchev–Trinajstić information content (AvgIpc) is 3.48. The first-order valence-corrected chi connectivity index (χ1v) is 14.9. The smallest absolute Gasteiger partial charge is 0.323 e. The molecule has 40 heavy (non-hydrogen) atoms. The summed E-state index contributed by atoms with van der Waals surface area (Å²) in [7, 11) is -2.32. The molecule has 0 radical (unpaired) electrons. The number of rotatable bonds is 8. The Kier molecular flexibility index (Phi) is 9.08. The number of sulfonamides is 1. The maximum absolute atomic E-state index is 13.6. The number of urea groups is 1. The Bertz CT molecular complexity index is 1450. The van der Waals surface area contributed by atoms with Gasteiger partial charge in [-0.05, 0) is 54.8 Å². The summed E-state index contributed by atoms with van der Waals surface area (Å²) in [5.41, 5.74) is 0.690. The first kappa shape index (κ1) is 29.5. The van der Waals surface area contributed by atoms with E-state index in [4.69, 9.17) is 4.74 Å². The van der Waals surface area contributed by atoms with Crippen LogP contribution in [-0.2, 0) is 10.0 Å². The summed E-state index contributed by atoms with van der Waals surface area (Å²) in [4.78, 5) is 27.9. The molecule has 0 spiro atoms. The van der Waals surface area contributed by atoms with E-state index < -0.39 is 39.9 Å². The van der Waals surface area contributed by atoms with Crippen molar-refractivity contribution in [1.82, 2.24) is 9.21 Å². The number of carbonyl (C=O) groups is 2. The van der Waals surface area contributed by atoms with Gasteiger partial charge in [-0.25, -0.2) is 17.6 Å². The largest absolute Gasteiger partial charge is 0.486 e. The minimum Gasteiger partial charge on any atom is -0.486 e. The van der Waals surface area contributed by atoms with Crippen LogP contribution >= 0.6 is 11.3 Å². The van der Waals surface area contributed by atoms with Gasteiger partial charge in [-0.15, -0.1) is 11.3 Å². The van der Waals surface area contributed by atoms with Gasteiger partial charge in [0.25, 0.3) is 15.9 Å². The van der Waals surface area contributed by atoms with Crippen LogP contribution < -0.4 is 15.4 Å². The number of aliphatic hydroxyl groups excluding tert-OH is 1. The van der Waals surface area contributed by atoms with Crippen LogP contribution in [0.1, 0.15) is 24.2 Å². The number of ether oxygens (including phenoxy) is 1. The molecule has 3 aromatic rings. The number of halogens is 1. The van der Waals surface area contributed by atoms with Crippen LogP contribution in [0.25, 0.3) is 0 Å². The third-order valence-electron chi connectivity index (χ3n) is 6.64. The van der Waals surface area contributed by atoms with Crippen molar-refractivity contribution in [3.63, 3.8) is 0 Å². The lowest BCUT2D eigenvalue weighted by molar-refractivity contribution is 0.0389. The molecule has 0 fully saturated rings.